The molecule has 0 amide bonds. The van der Waals surface area contributed by atoms with Crippen LogP contribution in [0.15, 0.2) is 17.9 Å². The first kappa shape index (κ1) is 13.9. The van der Waals surface area contributed by atoms with E-state index in [0.29, 0.717) is 6.54 Å². The quantitative estimate of drug-likeness (QED) is 0.512. The van der Waals surface area contributed by atoms with E-state index in [-0.39, 0.29) is 0 Å². The molecule has 0 aliphatic heterocycles. The molecule has 0 unspecified atom stereocenters. The minimum Gasteiger partial charge on any atom is -0.391 e. The molecule has 8 heteroatoms. The highest BCUT2D eigenvalue weighted by atomic mass is 79.9. The summed E-state index contributed by atoms with van der Waals surface area (Å²) in [5.41, 5.74) is 1.49. The second kappa shape index (κ2) is 5.24. The van der Waals surface area contributed by atoms with Crippen LogP contribution in [-0.2, 0) is 6.54 Å². The number of halogens is 4. The van der Waals surface area contributed by atoms with Gasteiger partial charge in [-0.2, -0.15) is 15.0 Å². The molecule has 4 nitrogen and oxygen atoms in total. The molecule has 0 aliphatic carbocycles. The highest BCUT2D eigenvalue weighted by Gasteiger charge is 2.18. The molecule has 0 spiro atoms. The average Bonchev–Trinajstić information content (AvgIpc) is 2.66. The molecular formula is C9H7Br4N3O. The molecule has 1 N–H and O–H groups in total. The van der Waals surface area contributed by atoms with Crippen molar-refractivity contribution in [3.63, 3.8) is 0 Å². The fourth-order valence-corrected chi connectivity index (χ4v) is 3.60. The molecule has 0 saturated heterocycles. The second-order valence-electron chi connectivity index (χ2n) is 3.56. The number of benzene rings is 1. The van der Waals surface area contributed by atoms with Crippen molar-refractivity contribution in [2.45, 2.75) is 19.6 Å². The Labute approximate surface area is 131 Å². The molecule has 1 aromatic carbocycles. The van der Waals surface area contributed by atoms with Gasteiger partial charge in [0.25, 0.3) is 0 Å². The Morgan fingerprint density at radius 1 is 1.00 bits per heavy atom. The number of nitrogens with zero attached hydrogens (tertiary/aromatic N) is 3. The predicted octanol–water partition coefficient (Wildman–Crippen LogP) is 3.86. The van der Waals surface area contributed by atoms with Crippen molar-refractivity contribution < 1.29 is 5.11 Å². The summed E-state index contributed by atoms with van der Waals surface area (Å²) in [6.45, 7) is 2.06. The molecule has 0 saturated carbocycles. The van der Waals surface area contributed by atoms with Crippen molar-refractivity contribution in [2.24, 2.45) is 0 Å². The van der Waals surface area contributed by atoms with Gasteiger partial charge in [0.15, 0.2) is 0 Å². The molecule has 0 bridgehead atoms. The lowest BCUT2D eigenvalue weighted by molar-refractivity contribution is 0.162. The highest BCUT2D eigenvalue weighted by Crippen LogP contribution is 2.41. The van der Waals surface area contributed by atoms with Gasteiger partial charge in [-0.15, -0.1) is 0 Å². The molecule has 2 rings (SSSR count). The lowest BCUT2D eigenvalue weighted by Crippen LogP contribution is -2.13. The molecule has 1 atom stereocenters. The number of aliphatic hydroxyl groups is 1. The van der Waals surface area contributed by atoms with Crippen LogP contribution in [0, 0.1) is 0 Å². The monoisotopic (exact) mass is 489 g/mol. The summed E-state index contributed by atoms with van der Waals surface area (Å²) >= 11 is 13.9. The summed E-state index contributed by atoms with van der Waals surface area (Å²) in [6, 6.07) is 0. The van der Waals surface area contributed by atoms with E-state index >= 15 is 0 Å². The first-order valence-corrected chi connectivity index (χ1v) is 7.84. The first-order chi connectivity index (χ1) is 7.91. The van der Waals surface area contributed by atoms with Crippen molar-refractivity contribution in [1.29, 1.82) is 0 Å². The molecule has 1 heterocycles. The summed E-state index contributed by atoms with van der Waals surface area (Å²) in [5.74, 6) is 0. The smallest absolute Gasteiger partial charge is 0.129 e. The Hall–Kier alpha value is 0.500. The van der Waals surface area contributed by atoms with Gasteiger partial charge in [-0.25, -0.2) is 0 Å². The fourth-order valence-electron chi connectivity index (χ4n) is 1.36. The van der Waals surface area contributed by atoms with Crippen LogP contribution in [0.3, 0.4) is 0 Å². The van der Waals surface area contributed by atoms with E-state index in [2.05, 4.69) is 73.9 Å². The number of rotatable bonds is 2. The Bertz CT molecular complexity index is 536. The van der Waals surface area contributed by atoms with E-state index in [1.54, 1.807) is 6.92 Å². The lowest BCUT2D eigenvalue weighted by Gasteiger charge is -2.02. The molecule has 17 heavy (non-hydrogen) atoms. The van der Waals surface area contributed by atoms with Crippen LogP contribution in [0.1, 0.15) is 6.92 Å². The van der Waals surface area contributed by atoms with Gasteiger partial charge < -0.3 is 5.11 Å². The Morgan fingerprint density at radius 2 is 1.41 bits per heavy atom. The number of hydrogen-bond donors (Lipinski definition) is 1. The standard InChI is InChI=1S/C9H7Br4N3O/c1-3(17)2-16-14-8-6(12)4(10)5(11)7(13)9(8)15-16/h3,17H,2H2,1H3/t3-/m0/s1. The van der Waals surface area contributed by atoms with E-state index in [0.717, 1.165) is 28.9 Å². The van der Waals surface area contributed by atoms with E-state index in [1.807, 2.05) is 0 Å². The third-order valence-electron chi connectivity index (χ3n) is 2.08. The SMILES string of the molecule is C[C@H](O)Cn1nc2c(Br)c(Br)c(Br)c(Br)c2n1. The van der Waals surface area contributed by atoms with Crippen LogP contribution in [0.5, 0.6) is 0 Å². The summed E-state index contributed by atoms with van der Waals surface area (Å²) < 4.78 is 3.42. The van der Waals surface area contributed by atoms with Gasteiger partial charge in [-0.3, -0.25) is 0 Å². The van der Waals surface area contributed by atoms with Gasteiger partial charge in [0.2, 0.25) is 0 Å². The van der Waals surface area contributed by atoms with Gasteiger partial charge in [0.1, 0.15) is 11.0 Å². The molecule has 0 radical (unpaired) electrons. The van der Waals surface area contributed by atoms with Gasteiger partial charge >= 0.3 is 0 Å². The highest BCUT2D eigenvalue weighted by molar-refractivity contribution is 9.15. The first-order valence-electron chi connectivity index (χ1n) is 4.66. The Balaban J connectivity index is 2.68. The minimum atomic E-state index is -0.485. The number of aromatic nitrogens is 3. The van der Waals surface area contributed by atoms with Crippen molar-refractivity contribution in [2.75, 3.05) is 0 Å². The van der Waals surface area contributed by atoms with Gasteiger partial charge in [0, 0.05) is 8.95 Å². The van der Waals surface area contributed by atoms with Crippen molar-refractivity contribution in [3.05, 3.63) is 17.9 Å². The predicted molar refractivity (Wildman–Crippen MR) is 80.0 cm³/mol. The zero-order chi connectivity index (χ0) is 12.7. The summed E-state index contributed by atoms with van der Waals surface area (Å²) in [5, 5.41) is 18.0. The van der Waals surface area contributed by atoms with Crippen LogP contribution in [0.25, 0.3) is 11.0 Å². The Kier molecular flexibility index (Phi) is 4.29. The van der Waals surface area contributed by atoms with Gasteiger partial charge in [-0.05, 0) is 70.6 Å². The van der Waals surface area contributed by atoms with Crippen molar-refractivity contribution in [1.82, 2.24) is 15.0 Å². The van der Waals surface area contributed by atoms with Crippen LogP contribution < -0.4 is 0 Å². The van der Waals surface area contributed by atoms with E-state index in [1.165, 1.54) is 4.80 Å². The zero-order valence-electron chi connectivity index (χ0n) is 8.59. The summed E-state index contributed by atoms with van der Waals surface area (Å²) in [4.78, 5) is 1.49. The Morgan fingerprint density at radius 3 is 1.76 bits per heavy atom. The number of fused-ring (bicyclic) bond motifs is 1. The minimum absolute atomic E-state index is 0.364. The summed E-state index contributed by atoms with van der Waals surface area (Å²) in [6.07, 6.45) is -0.485. The van der Waals surface area contributed by atoms with Gasteiger partial charge in [0.05, 0.1) is 21.6 Å². The maximum atomic E-state index is 9.34. The topological polar surface area (TPSA) is 50.9 Å². The fraction of sp³-hybridized carbons (Fsp3) is 0.333. The van der Waals surface area contributed by atoms with Crippen LogP contribution in [0.4, 0.5) is 0 Å². The molecule has 2 aromatic rings. The summed E-state index contributed by atoms with van der Waals surface area (Å²) in [7, 11) is 0. The van der Waals surface area contributed by atoms with Gasteiger partial charge in [-0.1, -0.05) is 0 Å². The average molecular weight is 493 g/mol. The molecule has 1 aromatic heterocycles. The molecule has 0 aliphatic rings. The maximum Gasteiger partial charge on any atom is 0.129 e. The zero-order valence-corrected chi connectivity index (χ0v) is 14.9. The van der Waals surface area contributed by atoms with Crippen molar-refractivity contribution in [3.8, 4) is 0 Å². The van der Waals surface area contributed by atoms with Crippen LogP contribution in [-0.4, -0.2) is 26.2 Å². The normalized spacial score (nSPS) is 13.3. The third-order valence-corrected chi connectivity index (χ3v) is 6.80. The van der Waals surface area contributed by atoms with Crippen LogP contribution >= 0.6 is 63.7 Å². The molecule has 92 valence electrons. The van der Waals surface area contributed by atoms with Crippen LogP contribution in [0.2, 0.25) is 0 Å². The van der Waals surface area contributed by atoms with E-state index in [4.69, 9.17) is 0 Å². The molecular weight excluding hydrogens is 486 g/mol. The van der Waals surface area contributed by atoms with E-state index < -0.39 is 6.10 Å². The lowest BCUT2D eigenvalue weighted by atomic mass is 10.3. The van der Waals surface area contributed by atoms with Crippen molar-refractivity contribution >= 4 is 74.8 Å². The van der Waals surface area contributed by atoms with E-state index in [9.17, 15) is 5.11 Å². The number of aliphatic hydroxyl groups excluding tert-OH is 1. The molecule has 0 fully saturated rings. The maximum absolute atomic E-state index is 9.34. The number of hydrogen-bond acceptors (Lipinski definition) is 3. The largest absolute Gasteiger partial charge is 0.391 e. The second-order valence-corrected chi connectivity index (χ2v) is 6.73. The third kappa shape index (κ3) is 2.60.